The van der Waals surface area contributed by atoms with E-state index in [0.29, 0.717) is 43.0 Å². The van der Waals surface area contributed by atoms with Gasteiger partial charge in [-0.3, -0.25) is 14.6 Å². The molecule has 2 bridgehead atoms. The smallest absolute Gasteiger partial charge is 0.268 e. The van der Waals surface area contributed by atoms with Crippen LogP contribution in [-0.4, -0.2) is 58.9 Å². The van der Waals surface area contributed by atoms with Crippen LogP contribution in [0.15, 0.2) is 63.8 Å². The molecular weight excluding hydrogens is 593 g/mol. The molecule has 0 unspecified atom stereocenters. The molecule has 2 aliphatic carbocycles. The standard InChI is InChI=1S/C26H22IN3O5S/c1-13-2-4-16(5-3-13)36(33,34)30-11-14-7-9-28-21-18(14)23(30)24(32)22-19(21)26-8-6-17(31)20(27)25(26)35-12-15(10-26)29-22/h2-6,8,11,15,20,25,29H,7,9-10,12H2,1H3/t15-,20-,25-,26+/m0/s1. The third-order valence-electron chi connectivity index (χ3n) is 7.91. The summed E-state index contributed by atoms with van der Waals surface area (Å²) in [6, 6.07) is 6.50. The number of aryl methyl sites for hydroxylation is 1. The van der Waals surface area contributed by atoms with E-state index in [2.05, 4.69) is 27.9 Å². The van der Waals surface area contributed by atoms with Crippen LogP contribution in [0.4, 0.5) is 0 Å². The molecule has 2 aromatic rings. The van der Waals surface area contributed by atoms with Crippen LogP contribution in [0, 0.1) is 12.3 Å². The van der Waals surface area contributed by atoms with Crippen LogP contribution < -0.4 is 5.32 Å². The first kappa shape index (κ1) is 22.6. The first-order chi connectivity index (χ1) is 17.2. The maximum absolute atomic E-state index is 14.2. The maximum atomic E-state index is 14.2. The molecule has 3 aliphatic heterocycles. The van der Waals surface area contributed by atoms with Gasteiger partial charge in [-0.05, 0) is 43.5 Å². The highest BCUT2D eigenvalue weighted by atomic mass is 127. The Balaban J connectivity index is 1.47. The van der Waals surface area contributed by atoms with Crippen molar-refractivity contribution < 1.29 is 22.7 Å². The van der Waals surface area contributed by atoms with Crippen molar-refractivity contribution in [3.05, 3.63) is 76.3 Å². The predicted octanol–water partition coefficient (Wildman–Crippen LogP) is 2.52. The lowest BCUT2D eigenvalue weighted by Gasteiger charge is -2.54. The predicted molar refractivity (Wildman–Crippen MR) is 140 cm³/mol. The zero-order valence-electron chi connectivity index (χ0n) is 19.3. The Labute approximate surface area is 221 Å². The summed E-state index contributed by atoms with van der Waals surface area (Å²) in [5.41, 5.74) is 3.53. The Hall–Kier alpha value is -2.57. The number of carbonyl (C=O) groups excluding carboxylic acids is 2. The van der Waals surface area contributed by atoms with Gasteiger partial charge in [0.05, 0.1) is 35.1 Å². The Morgan fingerprint density at radius 3 is 2.78 bits per heavy atom. The number of carbonyl (C=O) groups is 2. The fraction of sp³-hybridized carbons (Fsp3) is 0.346. The van der Waals surface area contributed by atoms with E-state index >= 15 is 0 Å². The number of alkyl halides is 1. The number of aromatic nitrogens is 1. The van der Waals surface area contributed by atoms with Gasteiger partial charge in [0.25, 0.3) is 10.0 Å². The van der Waals surface area contributed by atoms with Crippen molar-refractivity contribution >= 4 is 49.9 Å². The van der Waals surface area contributed by atoms with Crippen LogP contribution in [0.1, 0.15) is 33.6 Å². The van der Waals surface area contributed by atoms with Crippen LogP contribution in [0.3, 0.4) is 0 Å². The Morgan fingerprint density at radius 2 is 2.00 bits per heavy atom. The van der Waals surface area contributed by atoms with Crippen molar-refractivity contribution in [3.63, 3.8) is 0 Å². The van der Waals surface area contributed by atoms with Gasteiger partial charge in [0.2, 0.25) is 5.78 Å². The molecule has 184 valence electrons. The van der Waals surface area contributed by atoms with Crippen molar-refractivity contribution in [2.75, 3.05) is 13.2 Å². The van der Waals surface area contributed by atoms with E-state index < -0.39 is 21.5 Å². The van der Waals surface area contributed by atoms with Gasteiger partial charge in [-0.1, -0.05) is 46.4 Å². The number of halogens is 1. The molecule has 4 atom stereocenters. The van der Waals surface area contributed by atoms with E-state index in [4.69, 9.17) is 9.73 Å². The van der Waals surface area contributed by atoms with Crippen molar-refractivity contribution in [3.8, 4) is 0 Å². The minimum Gasteiger partial charge on any atom is -0.376 e. The number of Topliss-reactive ketones (excluding diaryl/α,β-unsaturated/α-hetero) is 1. The second-order valence-corrected chi connectivity index (χ2v) is 13.2. The lowest BCUT2D eigenvalue weighted by Crippen LogP contribution is -2.62. The fourth-order valence-electron chi connectivity index (χ4n) is 6.28. The average molecular weight is 615 g/mol. The first-order valence-corrected chi connectivity index (χ1v) is 14.6. The number of nitrogens with one attached hydrogen (secondary N) is 1. The topological polar surface area (TPSA) is 107 Å². The minimum atomic E-state index is -4.01. The molecule has 10 heteroatoms. The molecular formula is C26H22IN3O5S. The van der Waals surface area contributed by atoms with Crippen molar-refractivity contribution in [2.45, 2.75) is 40.7 Å². The highest BCUT2D eigenvalue weighted by Gasteiger charge is 2.59. The van der Waals surface area contributed by atoms with E-state index in [1.165, 1.54) is 0 Å². The van der Waals surface area contributed by atoms with Crippen LogP contribution in [0.25, 0.3) is 0 Å². The monoisotopic (exact) mass is 615 g/mol. The second kappa shape index (κ2) is 7.48. The molecule has 0 radical (unpaired) electrons. The molecule has 1 spiro atoms. The molecule has 36 heavy (non-hydrogen) atoms. The van der Waals surface area contributed by atoms with E-state index in [1.54, 1.807) is 36.5 Å². The molecule has 0 saturated carbocycles. The summed E-state index contributed by atoms with van der Waals surface area (Å²) in [7, 11) is -4.01. The number of hydrogen-bond donors (Lipinski definition) is 1. The number of aliphatic imine (C=N–C) groups is 1. The average Bonchev–Trinajstić information content (AvgIpc) is 3.27. The first-order valence-electron chi connectivity index (χ1n) is 11.9. The third kappa shape index (κ3) is 2.83. The SMILES string of the molecule is Cc1ccc(S(=O)(=O)n2cc3c4c2C(=O)C2=C(C4=NCC3)[C@]34C=CC(=O)[C@H](I)[C@@H]3OC[C@H](C4)N2)cc1. The van der Waals surface area contributed by atoms with Crippen molar-refractivity contribution in [1.82, 2.24) is 9.29 Å². The van der Waals surface area contributed by atoms with Gasteiger partial charge in [-0.2, -0.15) is 0 Å². The lowest BCUT2D eigenvalue weighted by atomic mass is 9.60. The third-order valence-corrected chi connectivity index (χ3v) is 10.9. The Morgan fingerprint density at radius 1 is 1.22 bits per heavy atom. The fourth-order valence-corrected chi connectivity index (χ4v) is 8.73. The summed E-state index contributed by atoms with van der Waals surface area (Å²) in [6.45, 7) is 2.75. The lowest BCUT2D eigenvalue weighted by molar-refractivity contribution is -0.123. The number of ketones is 2. The maximum Gasteiger partial charge on any atom is 0.268 e. The number of allylic oxidation sites excluding steroid dienone is 2. The quantitative estimate of drug-likeness (QED) is 0.412. The van der Waals surface area contributed by atoms with Crippen LogP contribution in [0.2, 0.25) is 0 Å². The number of ether oxygens (including phenoxy) is 1. The molecule has 0 amide bonds. The summed E-state index contributed by atoms with van der Waals surface area (Å²) < 4.78 is 34.5. The van der Waals surface area contributed by atoms with Crippen molar-refractivity contribution in [2.24, 2.45) is 10.4 Å². The zero-order valence-corrected chi connectivity index (χ0v) is 22.3. The molecule has 1 aromatic heterocycles. The van der Waals surface area contributed by atoms with Gasteiger partial charge in [0, 0.05) is 29.3 Å². The largest absolute Gasteiger partial charge is 0.376 e. The summed E-state index contributed by atoms with van der Waals surface area (Å²) in [5.74, 6) is -0.363. The minimum absolute atomic E-state index is 0.00482. The number of hydrogen-bond acceptors (Lipinski definition) is 7. The van der Waals surface area contributed by atoms with E-state index in [0.717, 1.165) is 20.7 Å². The van der Waals surface area contributed by atoms with Gasteiger partial charge >= 0.3 is 0 Å². The molecule has 1 aromatic carbocycles. The normalized spacial score (nSPS) is 30.3. The summed E-state index contributed by atoms with van der Waals surface area (Å²) in [6.07, 6.45) is 5.90. The van der Waals surface area contributed by atoms with Gasteiger partial charge in [0.15, 0.2) is 5.78 Å². The molecule has 7 rings (SSSR count). The van der Waals surface area contributed by atoms with Crippen LogP contribution in [0.5, 0.6) is 0 Å². The van der Waals surface area contributed by atoms with Crippen molar-refractivity contribution in [1.29, 1.82) is 0 Å². The van der Waals surface area contributed by atoms with Crippen LogP contribution >= 0.6 is 22.6 Å². The van der Waals surface area contributed by atoms with E-state index in [9.17, 15) is 18.0 Å². The summed E-state index contributed by atoms with van der Waals surface area (Å²) in [4.78, 5) is 31.7. The highest BCUT2D eigenvalue weighted by molar-refractivity contribution is 14.1. The molecule has 8 nitrogen and oxygen atoms in total. The van der Waals surface area contributed by atoms with E-state index in [-0.39, 0.29) is 32.1 Å². The van der Waals surface area contributed by atoms with Gasteiger partial charge in [0.1, 0.15) is 9.62 Å². The molecule has 1 saturated heterocycles. The molecule has 4 heterocycles. The van der Waals surface area contributed by atoms with Gasteiger partial charge < -0.3 is 10.1 Å². The van der Waals surface area contributed by atoms with Gasteiger partial charge in [-0.25, -0.2) is 12.4 Å². The Bertz CT molecular complexity index is 1580. The number of nitrogens with zero attached hydrogens (tertiary/aromatic N) is 2. The van der Waals surface area contributed by atoms with Crippen LogP contribution in [-0.2, 0) is 26.0 Å². The second-order valence-electron chi connectivity index (χ2n) is 10.0. The molecule has 1 N–H and O–H groups in total. The molecule has 1 fully saturated rings. The highest BCUT2D eigenvalue weighted by Crippen LogP contribution is 2.54. The number of fused-ring (bicyclic) bond motifs is 2. The Kier molecular flexibility index (Phi) is 4.70. The number of benzene rings is 1. The van der Waals surface area contributed by atoms with E-state index in [1.807, 2.05) is 13.0 Å². The number of rotatable bonds is 2. The summed E-state index contributed by atoms with van der Waals surface area (Å²) in [5, 5.41) is 3.35. The molecule has 5 aliphatic rings. The zero-order chi connectivity index (χ0) is 25.0. The summed E-state index contributed by atoms with van der Waals surface area (Å²) >= 11 is 2.14. The van der Waals surface area contributed by atoms with Gasteiger partial charge in [-0.15, -0.1) is 0 Å².